The van der Waals surface area contributed by atoms with E-state index in [0.29, 0.717) is 5.02 Å². The Bertz CT molecular complexity index is 698. The molecule has 1 aromatic heterocycles. The van der Waals surface area contributed by atoms with E-state index in [-0.39, 0.29) is 5.41 Å². The molecule has 0 saturated carbocycles. The summed E-state index contributed by atoms with van der Waals surface area (Å²) in [5, 5.41) is 0.618. The first kappa shape index (κ1) is 12.9. The number of para-hydroxylation sites is 1. The van der Waals surface area contributed by atoms with E-state index >= 15 is 0 Å². The second-order valence-electron chi connectivity index (χ2n) is 6.02. The number of nitrogens with zero attached hydrogens (tertiary/aromatic N) is 3. The van der Waals surface area contributed by atoms with Crippen molar-refractivity contribution in [1.82, 2.24) is 9.97 Å². The zero-order valence-corrected chi connectivity index (χ0v) is 12.6. The third-order valence-electron chi connectivity index (χ3n) is 4.27. The van der Waals surface area contributed by atoms with Crippen molar-refractivity contribution in [3.63, 3.8) is 0 Å². The van der Waals surface area contributed by atoms with Crippen LogP contribution in [0.15, 0.2) is 30.5 Å². The van der Waals surface area contributed by atoms with Crippen LogP contribution in [0.5, 0.6) is 5.75 Å². The standard InChI is InChI=1S/C16H16ClN3O/c1-11-18-7-13(17)15(19-11)20-8-16(9-20)6-12-4-2-3-5-14(12)21-10-16/h2-5,7H,6,8-10H2,1H3. The highest BCUT2D eigenvalue weighted by atomic mass is 35.5. The Kier molecular flexibility index (Phi) is 2.82. The SMILES string of the molecule is Cc1ncc(Cl)c(N2CC3(COc4ccccc4C3)C2)n1. The molecule has 2 aromatic rings. The lowest BCUT2D eigenvalue weighted by Crippen LogP contribution is -2.61. The molecule has 5 heteroatoms. The van der Waals surface area contributed by atoms with Gasteiger partial charge in [-0.3, -0.25) is 0 Å². The van der Waals surface area contributed by atoms with E-state index in [0.717, 1.165) is 43.5 Å². The maximum Gasteiger partial charge on any atom is 0.151 e. The molecule has 0 N–H and O–H groups in total. The molecule has 21 heavy (non-hydrogen) atoms. The summed E-state index contributed by atoms with van der Waals surface area (Å²) in [6.07, 6.45) is 2.73. The lowest BCUT2D eigenvalue weighted by molar-refractivity contribution is 0.0874. The van der Waals surface area contributed by atoms with Crippen LogP contribution < -0.4 is 9.64 Å². The summed E-state index contributed by atoms with van der Waals surface area (Å²) in [4.78, 5) is 10.8. The number of ether oxygens (including phenoxy) is 1. The number of rotatable bonds is 1. The Hall–Kier alpha value is -1.81. The van der Waals surface area contributed by atoms with Crippen LogP contribution in [-0.4, -0.2) is 29.7 Å². The summed E-state index contributed by atoms with van der Waals surface area (Å²) >= 11 is 6.21. The highest BCUT2D eigenvalue weighted by Gasteiger charge is 2.47. The van der Waals surface area contributed by atoms with E-state index in [4.69, 9.17) is 16.3 Å². The fourth-order valence-corrected chi connectivity index (χ4v) is 3.47. The summed E-state index contributed by atoms with van der Waals surface area (Å²) < 4.78 is 5.93. The van der Waals surface area contributed by atoms with Crippen molar-refractivity contribution in [2.75, 3.05) is 24.6 Å². The van der Waals surface area contributed by atoms with E-state index in [1.807, 2.05) is 19.1 Å². The lowest BCUT2D eigenvalue weighted by Gasteiger charge is -2.52. The van der Waals surface area contributed by atoms with E-state index in [2.05, 4.69) is 27.0 Å². The predicted molar refractivity (Wildman–Crippen MR) is 82.1 cm³/mol. The minimum absolute atomic E-state index is 0.191. The van der Waals surface area contributed by atoms with Crippen LogP contribution in [0, 0.1) is 12.3 Å². The first-order chi connectivity index (χ1) is 10.2. The van der Waals surface area contributed by atoms with Crippen LogP contribution in [0.2, 0.25) is 5.02 Å². The third-order valence-corrected chi connectivity index (χ3v) is 4.54. The second-order valence-corrected chi connectivity index (χ2v) is 6.43. The fraction of sp³-hybridized carbons (Fsp3) is 0.375. The molecule has 2 aliphatic heterocycles. The average Bonchev–Trinajstić information content (AvgIpc) is 2.47. The van der Waals surface area contributed by atoms with Gasteiger partial charge in [0.1, 0.15) is 16.6 Å². The van der Waals surface area contributed by atoms with Crippen molar-refractivity contribution in [2.24, 2.45) is 5.41 Å². The average molecular weight is 302 g/mol. The summed E-state index contributed by atoms with van der Waals surface area (Å²) in [5.74, 6) is 2.62. The lowest BCUT2D eigenvalue weighted by atomic mass is 9.74. The Morgan fingerprint density at radius 1 is 1.29 bits per heavy atom. The molecule has 2 aliphatic rings. The Morgan fingerprint density at radius 2 is 2.10 bits per heavy atom. The summed E-state index contributed by atoms with van der Waals surface area (Å²) in [6, 6.07) is 8.29. The number of benzene rings is 1. The van der Waals surface area contributed by atoms with Crippen molar-refractivity contribution in [2.45, 2.75) is 13.3 Å². The van der Waals surface area contributed by atoms with E-state index in [9.17, 15) is 0 Å². The molecular formula is C16H16ClN3O. The van der Waals surface area contributed by atoms with Crippen molar-refractivity contribution >= 4 is 17.4 Å². The van der Waals surface area contributed by atoms with Crippen molar-refractivity contribution < 1.29 is 4.74 Å². The number of aryl methyl sites for hydroxylation is 1. The van der Waals surface area contributed by atoms with Crippen LogP contribution in [0.4, 0.5) is 5.82 Å². The minimum Gasteiger partial charge on any atom is -0.493 e. The molecule has 1 spiro atoms. The van der Waals surface area contributed by atoms with Gasteiger partial charge in [-0.25, -0.2) is 9.97 Å². The first-order valence-electron chi connectivity index (χ1n) is 7.10. The van der Waals surface area contributed by atoms with Crippen LogP contribution in [0.1, 0.15) is 11.4 Å². The van der Waals surface area contributed by atoms with Gasteiger partial charge in [0.2, 0.25) is 0 Å². The van der Waals surface area contributed by atoms with E-state index in [1.54, 1.807) is 6.20 Å². The maximum absolute atomic E-state index is 6.21. The fourth-order valence-electron chi connectivity index (χ4n) is 3.26. The quantitative estimate of drug-likeness (QED) is 0.812. The van der Waals surface area contributed by atoms with E-state index in [1.165, 1.54) is 5.56 Å². The molecule has 0 atom stereocenters. The molecule has 0 radical (unpaired) electrons. The maximum atomic E-state index is 6.21. The smallest absolute Gasteiger partial charge is 0.151 e. The minimum atomic E-state index is 0.191. The van der Waals surface area contributed by atoms with E-state index < -0.39 is 0 Å². The number of hydrogen-bond acceptors (Lipinski definition) is 4. The molecule has 4 rings (SSSR count). The summed E-state index contributed by atoms with van der Waals surface area (Å²) in [7, 11) is 0. The molecule has 1 aromatic carbocycles. The number of aromatic nitrogens is 2. The molecule has 1 saturated heterocycles. The molecule has 1 fully saturated rings. The third kappa shape index (κ3) is 2.14. The van der Waals surface area contributed by atoms with Crippen LogP contribution in [0.25, 0.3) is 0 Å². The van der Waals surface area contributed by atoms with Crippen LogP contribution in [0.3, 0.4) is 0 Å². The summed E-state index contributed by atoms with van der Waals surface area (Å²) in [6.45, 7) is 4.51. The van der Waals surface area contributed by atoms with Gasteiger partial charge in [0.05, 0.1) is 12.8 Å². The largest absolute Gasteiger partial charge is 0.493 e. The van der Waals surface area contributed by atoms with Crippen molar-refractivity contribution in [1.29, 1.82) is 0 Å². The van der Waals surface area contributed by atoms with Gasteiger partial charge in [-0.15, -0.1) is 0 Å². The second kappa shape index (κ2) is 4.60. The molecule has 4 nitrogen and oxygen atoms in total. The molecule has 0 bridgehead atoms. The number of halogens is 1. The monoisotopic (exact) mass is 301 g/mol. The highest BCUT2D eigenvalue weighted by Crippen LogP contribution is 2.43. The summed E-state index contributed by atoms with van der Waals surface area (Å²) in [5.41, 5.74) is 1.49. The van der Waals surface area contributed by atoms with Gasteiger partial charge < -0.3 is 9.64 Å². The van der Waals surface area contributed by atoms with Gasteiger partial charge in [-0.1, -0.05) is 29.8 Å². The topological polar surface area (TPSA) is 38.2 Å². The normalized spacial score (nSPS) is 18.9. The van der Waals surface area contributed by atoms with Crippen LogP contribution >= 0.6 is 11.6 Å². The Balaban J connectivity index is 1.54. The predicted octanol–water partition coefficient (Wildman–Crippen LogP) is 2.88. The zero-order valence-electron chi connectivity index (χ0n) is 11.8. The molecule has 3 heterocycles. The van der Waals surface area contributed by atoms with Crippen molar-refractivity contribution in [3.8, 4) is 5.75 Å². The molecule has 0 unspecified atom stereocenters. The van der Waals surface area contributed by atoms with Gasteiger partial charge in [0.15, 0.2) is 5.82 Å². The number of fused-ring (bicyclic) bond motifs is 1. The molecule has 0 amide bonds. The van der Waals surface area contributed by atoms with Crippen LogP contribution in [-0.2, 0) is 6.42 Å². The van der Waals surface area contributed by atoms with Crippen molar-refractivity contribution in [3.05, 3.63) is 46.9 Å². The number of hydrogen-bond donors (Lipinski definition) is 0. The Labute approximate surface area is 128 Å². The number of anilines is 1. The Morgan fingerprint density at radius 3 is 2.95 bits per heavy atom. The van der Waals surface area contributed by atoms with Gasteiger partial charge in [0.25, 0.3) is 0 Å². The van der Waals surface area contributed by atoms with Gasteiger partial charge in [-0.05, 0) is 25.0 Å². The first-order valence-corrected chi connectivity index (χ1v) is 7.48. The molecular weight excluding hydrogens is 286 g/mol. The van der Waals surface area contributed by atoms with Gasteiger partial charge in [0, 0.05) is 18.5 Å². The van der Waals surface area contributed by atoms with Gasteiger partial charge >= 0.3 is 0 Å². The molecule has 0 aliphatic carbocycles. The zero-order chi connectivity index (χ0) is 14.4. The molecule has 108 valence electrons. The highest BCUT2D eigenvalue weighted by molar-refractivity contribution is 6.32. The van der Waals surface area contributed by atoms with Gasteiger partial charge in [-0.2, -0.15) is 0 Å².